The van der Waals surface area contributed by atoms with Crippen LogP contribution in [0.15, 0.2) is 23.8 Å². The summed E-state index contributed by atoms with van der Waals surface area (Å²) in [5.74, 6) is -0.947. The van der Waals surface area contributed by atoms with Crippen molar-refractivity contribution in [3.05, 3.63) is 23.8 Å². The van der Waals surface area contributed by atoms with Crippen LogP contribution in [-0.2, 0) is 19.1 Å². The first-order valence-corrected chi connectivity index (χ1v) is 11.1. The summed E-state index contributed by atoms with van der Waals surface area (Å²) >= 11 is 0. The molecule has 5 aliphatic rings. The molecule has 1 aliphatic heterocycles. The number of carbonyl (C=O) groups excluding carboxylic acids is 2. The normalized spacial score (nSPS) is 50.9. The molecule has 5 rings (SSSR count). The van der Waals surface area contributed by atoms with Gasteiger partial charge in [0.05, 0.1) is 12.2 Å². The number of hydrogen-bond acceptors (Lipinski definition) is 6. The van der Waals surface area contributed by atoms with Crippen LogP contribution in [0, 0.1) is 28.6 Å². The number of aliphatic hydroxyl groups excluding tert-OH is 2. The minimum atomic E-state index is -1.24. The summed E-state index contributed by atoms with van der Waals surface area (Å²) in [6, 6.07) is 0. The highest BCUT2D eigenvalue weighted by molar-refractivity contribution is 6.01. The molecule has 3 saturated carbocycles. The monoisotopic (exact) mass is 416 g/mol. The van der Waals surface area contributed by atoms with E-state index >= 15 is 0 Å². The van der Waals surface area contributed by atoms with E-state index in [0.717, 1.165) is 18.4 Å². The Kier molecular flexibility index (Phi) is 4.20. The van der Waals surface area contributed by atoms with Crippen molar-refractivity contribution < 1.29 is 29.3 Å². The molecule has 0 spiro atoms. The molecule has 0 aromatic heterocycles. The third-order valence-electron chi connectivity index (χ3n) is 9.05. The summed E-state index contributed by atoms with van der Waals surface area (Å²) in [4.78, 5) is 25.1. The number of rotatable bonds is 2. The fraction of sp³-hybridized carbons (Fsp3) is 0.750. The second-order valence-corrected chi connectivity index (χ2v) is 10.9. The van der Waals surface area contributed by atoms with Gasteiger partial charge >= 0.3 is 0 Å². The lowest BCUT2D eigenvalue weighted by atomic mass is 9.46. The largest absolute Gasteiger partial charge is 0.393 e. The number of carbonyl (C=O) groups is 2. The van der Waals surface area contributed by atoms with E-state index in [-0.39, 0.29) is 34.7 Å². The van der Waals surface area contributed by atoms with E-state index in [4.69, 9.17) is 9.47 Å². The van der Waals surface area contributed by atoms with E-state index in [0.29, 0.717) is 12.8 Å². The Morgan fingerprint density at radius 3 is 2.70 bits per heavy atom. The third-order valence-corrected chi connectivity index (χ3v) is 9.05. The van der Waals surface area contributed by atoms with Crippen LogP contribution < -0.4 is 0 Å². The summed E-state index contributed by atoms with van der Waals surface area (Å²) in [6.45, 7) is 7.19. The molecule has 0 radical (unpaired) electrons. The topological polar surface area (TPSA) is 93.1 Å². The molecule has 0 aromatic carbocycles. The standard InChI is InChI=1S/C24H32O6/c1-21(2)29-19-10-16-15-6-5-13-9-14(26)7-8-22(13,3)20(15)17(27)11-23(16,4)24(19,30-21)18(28)12-25/h7-9,15-17,19-20,25,27H,5-6,10-12H2,1-4H3/t15-,16-,17+,19+,20+,22+,23-,24+/m1/s1. The first-order chi connectivity index (χ1) is 14.0. The highest BCUT2D eigenvalue weighted by Gasteiger charge is 2.76. The number of ketones is 2. The first-order valence-electron chi connectivity index (χ1n) is 11.1. The SMILES string of the molecule is CC1(C)O[C@H]2C[C@@H]3[C@H]4CCC5=CC(=O)C=C[C@]5(C)[C@@H]4[C@@H](O)C[C@@]3(C)[C@@]2(C(=O)CO)O1. The Labute approximate surface area is 177 Å². The van der Waals surface area contributed by atoms with E-state index < -0.39 is 35.6 Å². The molecule has 6 nitrogen and oxygen atoms in total. The van der Waals surface area contributed by atoms with Gasteiger partial charge in [0.2, 0.25) is 0 Å². The van der Waals surface area contributed by atoms with Crippen molar-refractivity contribution in [2.24, 2.45) is 28.6 Å². The van der Waals surface area contributed by atoms with Crippen LogP contribution in [0.4, 0.5) is 0 Å². The molecule has 4 fully saturated rings. The second kappa shape index (κ2) is 6.12. The van der Waals surface area contributed by atoms with Gasteiger partial charge in [-0.2, -0.15) is 0 Å². The van der Waals surface area contributed by atoms with Crippen LogP contribution in [0.2, 0.25) is 0 Å². The van der Waals surface area contributed by atoms with Gasteiger partial charge in [0.25, 0.3) is 0 Å². The average Bonchev–Trinajstić information content (AvgIpc) is 3.07. The van der Waals surface area contributed by atoms with E-state index in [9.17, 15) is 19.8 Å². The van der Waals surface area contributed by atoms with Crippen LogP contribution in [0.3, 0.4) is 0 Å². The van der Waals surface area contributed by atoms with Gasteiger partial charge in [0.15, 0.2) is 23.0 Å². The van der Waals surface area contributed by atoms with Crippen molar-refractivity contribution in [3.63, 3.8) is 0 Å². The summed E-state index contributed by atoms with van der Waals surface area (Å²) < 4.78 is 12.6. The Morgan fingerprint density at radius 1 is 1.27 bits per heavy atom. The fourth-order valence-electron chi connectivity index (χ4n) is 8.04. The van der Waals surface area contributed by atoms with Gasteiger partial charge in [-0.25, -0.2) is 0 Å². The highest BCUT2D eigenvalue weighted by Crippen LogP contribution is 2.70. The molecular weight excluding hydrogens is 384 g/mol. The lowest BCUT2D eigenvalue weighted by molar-refractivity contribution is -0.225. The highest BCUT2D eigenvalue weighted by atomic mass is 16.8. The molecule has 30 heavy (non-hydrogen) atoms. The van der Waals surface area contributed by atoms with Crippen LogP contribution in [0.5, 0.6) is 0 Å². The minimum Gasteiger partial charge on any atom is -0.393 e. The first kappa shape index (κ1) is 20.6. The van der Waals surface area contributed by atoms with Gasteiger partial charge in [-0.3, -0.25) is 9.59 Å². The smallest absolute Gasteiger partial charge is 0.193 e. The molecule has 0 bridgehead atoms. The van der Waals surface area contributed by atoms with Gasteiger partial charge < -0.3 is 19.7 Å². The van der Waals surface area contributed by atoms with E-state index in [1.807, 2.05) is 13.0 Å². The maximum Gasteiger partial charge on any atom is 0.193 e. The molecule has 1 heterocycles. The molecule has 164 valence electrons. The zero-order chi connectivity index (χ0) is 21.7. The number of allylic oxidation sites excluding steroid dienone is 4. The Morgan fingerprint density at radius 2 is 2.00 bits per heavy atom. The molecular formula is C24H32O6. The lowest BCUT2D eigenvalue weighted by Crippen LogP contribution is -2.63. The fourth-order valence-corrected chi connectivity index (χ4v) is 8.04. The van der Waals surface area contributed by atoms with Crippen LogP contribution >= 0.6 is 0 Å². The predicted molar refractivity (Wildman–Crippen MR) is 108 cm³/mol. The number of hydrogen-bond donors (Lipinski definition) is 2. The average molecular weight is 417 g/mol. The number of aliphatic hydroxyl groups is 2. The lowest BCUT2D eigenvalue weighted by Gasteiger charge is -2.59. The predicted octanol–water partition coefficient (Wildman–Crippen LogP) is 2.33. The Hall–Kier alpha value is -1.34. The van der Waals surface area contributed by atoms with Crippen molar-refractivity contribution >= 4 is 11.6 Å². The summed E-state index contributed by atoms with van der Waals surface area (Å²) in [5, 5.41) is 21.3. The maximum absolute atomic E-state index is 13.2. The molecule has 0 aromatic rings. The minimum absolute atomic E-state index is 0.0167. The van der Waals surface area contributed by atoms with Gasteiger partial charge in [-0.05, 0) is 63.5 Å². The third kappa shape index (κ3) is 2.34. The number of ether oxygens (including phenoxy) is 2. The quantitative estimate of drug-likeness (QED) is 0.718. The number of fused-ring (bicyclic) bond motifs is 7. The maximum atomic E-state index is 13.2. The summed E-state index contributed by atoms with van der Waals surface area (Å²) in [6.07, 6.45) is 7.04. The molecule has 0 amide bonds. The van der Waals surface area contributed by atoms with E-state index in [2.05, 4.69) is 6.92 Å². The molecule has 4 aliphatic carbocycles. The molecule has 8 atom stereocenters. The Bertz CT molecular complexity index is 873. The van der Waals surface area contributed by atoms with E-state index in [1.165, 1.54) is 0 Å². The number of Topliss-reactive ketones (excluding diaryl/α,β-unsaturated/α-hetero) is 1. The molecule has 2 N–H and O–H groups in total. The van der Waals surface area contributed by atoms with Crippen LogP contribution in [0.1, 0.15) is 53.4 Å². The van der Waals surface area contributed by atoms with Crippen molar-refractivity contribution in [1.82, 2.24) is 0 Å². The van der Waals surface area contributed by atoms with Crippen molar-refractivity contribution in [2.45, 2.75) is 77.0 Å². The van der Waals surface area contributed by atoms with Gasteiger partial charge in [-0.15, -0.1) is 0 Å². The summed E-state index contributed by atoms with van der Waals surface area (Å²) in [7, 11) is 0. The Balaban J connectivity index is 1.59. The molecule has 6 heteroatoms. The molecule has 1 saturated heterocycles. The van der Waals surface area contributed by atoms with E-state index in [1.54, 1.807) is 26.0 Å². The zero-order valence-electron chi connectivity index (χ0n) is 18.2. The molecule has 0 unspecified atom stereocenters. The summed E-state index contributed by atoms with van der Waals surface area (Å²) in [5.41, 5.74) is -1.12. The van der Waals surface area contributed by atoms with Gasteiger partial charge in [0.1, 0.15) is 6.61 Å². The van der Waals surface area contributed by atoms with Crippen molar-refractivity contribution in [3.8, 4) is 0 Å². The van der Waals surface area contributed by atoms with Gasteiger partial charge in [-0.1, -0.05) is 25.5 Å². The van der Waals surface area contributed by atoms with Crippen molar-refractivity contribution in [1.29, 1.82) is 0 Å². The van der Waals surface area contributed by atoms with Gasteiger partial charge in [0, 0.05) is 16.7 Å². The van der Waals surface area contributed by atoms with Crippen molar-refractivity contribution in [2.75, 3.05) is 6.61 Å². The second-order valence-electron chi connectivity index (χ2n) is 10.9. The zero-order valence-corrected chi connectivity index (χ0v) is 18.2. The van der Waals surface area contributed by atoms with Crippen LogP contribution in [-0.4, -0.2) is 52.0 Å². The van der Waals surface area contributed by atoms with Crippen LogP contribution in [0.25, 0.3) is 0 Å².